The van der Waals surface area contributed by atoms with Crippen LogP contribution in [0.1, 0.15) is 22.8 Å². The van der Waals surface area contributed by atoms with Crippen molar-refractivity contribution >= 4 is 84.6 Å². The second kappa shape index (κ2) is 11.8. The first-order valence-corrected chi connectivity index (χ1v) is 14.4. The minimum atomic E-state index is -4.82. The van der Waals surface area contributed by atoms with E-state index in [0.29, 0.717) is 10.6 Å². The zero-order valence-corrected chi connectivity index (χ0v) is 25.9. The number of amides is 1. The van der Waals surface area contributed by atoms with Crippen LogP contribution in [-0.4, -0.2) is 92.8 Å². The number of phenols is 1. The molecule has 209 valence electrons. The fourth-order valence-electron chi connectivity index (χ4n) is 3.91. The normalized spacial score (nSPS) is 14.5. The first-order valence-electron chi connectivity index (χ1n) is 11.4. The predicted molar refractivity (Wildman–Crippen MR) is 152 cm³/mol. The molecule has 3 aromatic carbocycles. The number of rotatable bonds is 7. The van der Waals surface area contributed by atoms with E-state index in [1.807, 2.05) is 31.1 Å². The molecule has 4 rings (SSSR count). The number of aromatic hydroxyl groups is 1. The summed E-state index contributed by atoms with van der Waals surface area (Å²) in [5.41, 5.74) is 0.708. The number of sulfone groups is 1. The van der Waals surface area contributed by atoms with Crippen LogP contribution >= 0.6 is 0 Å². The summed E-state index contributed by atoms with van der Waals surface area (Å²) < 4.78 is 60.6. The Morgan fingerprint density at radius 1 is 0.951 bits per heavy atom. The van der Waals surface area contributed by atoms with Gasteiger partial charge in [-0.2, -0.15) is 18.5 Å². The Hall–Kier alpha value is -3.53. The van der Waals surface area contributed by atoms with Gasteiger partial charge in [-0.25, -0.2) is 13.2 Å². The summed E-state index contributed by atoms with van der Waals surface area (Å²) in [5, 5.41) is 24.0. The fraction of sp³-hybridized carbons (Fsp3) is 0.115. The zero-order valence-electron chi connectivity index (χ0n) is 22.3. The largest absolute Gasteiger partial charge is 0.507 e. The Kier molecular flexibility index (Phi) is 9.17. The van der Waals surface area contributed by atoms with Crippen molar-refractivity contribution in [3.63, 3.8) is 0 Å². The van der Waals surface area contributed by atoms with E-state index in [0.717, 1.165) is 42.1 Å². The summed E-state index contributed by atoms with van der Waals surface area (Å²) in [6.07, 6.45) is 1.54. The smallest absolute Gasteiger partial charge is 0.339 e. The summed E-state index contributed by atoms with van der Waals surface area (Å²) in [5.74, 6) is -3.02. The SMILES string of the molecule is CC1=NN(c2cc(S(=O)(=O)O)ccc2S(=O)(=O)c2ccc(O)c(C(=O)O)c2)C(=O)C1=Cc1ccc(N(C)C)cc1.[Na]. The molecule has 1 heterocycles. The number of nitrogens with zero attached hydrogens (tertiary/aromatic N) is 3. The van der Waals surface area contributed by atoms with Gasteiger partial charge in [-0.1, -0.05) is 12.1 Å². The molecule has 0 fully saturated rings. The van der Waals surface area contributed by atoms with Crippen molar-refractivity contribution in [1.82, 2.24) is 0 Å². The monoisotopic (exact) mass is 608 g/mol. The number of hydrazone groups is 1. The van der Waals surface area contributed by atoms with E-state index in [1.54, 1.807) is 18.2 Å². The average molecular weight is 609 g/mol. The van der Waals surface area contributed by atoms with Crippen molar-refractivity contribution in [3.05, 3.63) is 77.4 Å². The van der Waals surface area contributed by atoms with Crippen LogP contribution in [0.15, 0.2) is 86.0 Å². The van der Waals surface area contributed by atoms with E-state index < -0.39 is 63.5 Å². The Bertz CT molecular complexity index is 1830. The van der Waals surface area contributed by atoms with Gasteiger partial charge >= 0.3 is 5.97 Å². The summed E-state index contributed by atoms with van der Waals surface area (Å²) in [7, 11) is -5.69. The molecule has 0 saturated carbocycles. The van der Waals surface area contributed by atoms with Crippen molar-refractivity contribution in [2.24, 2.45) is 5.10 Å². The maximum Gasteiger partial charge on any atom is 0.339 e. The minimum absolute atomic E-state index is 0. The Morgan fingerprint density at radius 3 is 2.12 bits per heavy atom. The van der Waals surface area contributed by atoms with Crippen LogP contribution in [0.3, 0.4) is 0 Å². The van der Waals surface area contributed by atoms with Crippen LogP contribution < -0.4 is 9.91 Å². The second-order valence-electron chi connectivity index (χ2n) is 8.94. The van der Waals surface area contributed by atoms with Crippen LogP contribution in [0, 0.1) is 0 Å². The number of anilines is 2. The third-order valence-corrected chi connectivity index (χ3v) is 8.69. The number of aromatic carboxylic acids is 1. The first kappa shape index (κ1) is 32.0. The molecule has 41 heavy (non-hydrogen) atoms. The average Bonchev–Trinajstić information content (AvgIpc) is 3.16. The van der Waals surface area contributed by atoms with E-state index in [2.05, 4.69) is 5.10 Å². The summed E-state index contributed by atoms with van der Waals surface area (Å²) in [4.78, 5) is 25.0. The number of hydrogen-bond acceptors (Lipinski definition) is 9. The van der Waals surface area contributed by atoms with Crippen LogP contribution in [0.5, 0.6) is 5.75 Å². The predicted octanol–water partition coefficient (Wildman–Crippen LogP) is 2.66. The van der Waals surface area contributed by atoms with Gasteiger partial charge < -0.3 is 15.1 Å². The van der Waals surface area contributed by atoms with E-state index in [4.69, 9.17) is 0 Å². The van der Waals surface area contributed by atoms with Crippen LogP contribution in [0.25, 0.3) is 6.08 Å². The molecule has 0 spiro atoms. The fourth-order valence-corrected chi connectivity index (χ4v) is 5.86. The van der Waals surface area contributed by atoms with Crippen LogP contribution in [0.2, 0.25) is 0 Å². The molecule has 0 atom stereocenters. The molecular weight excluding hydrogens is 585 g/mol. The van der Waals surface area contributed by atoms with E-state index in [1.165, 1.54) is 6.92 Å². The number of carboxylic acids is 1. The number of carboxylic acid groups (broad SMARTS) is 1. The summed E-state index contributed by atoms with van der Waals surface area (Å²) >= 11 is 0. The standard InChI is InChI=1S/C26H23N3O9S2.Na/c1-15-20(12-16-4-6-17(7-5-16)28(2)3)25(31)29(27-15)22-14-19(40(36,37)38)9-11-24(22)39(34,35)18-8-10-23(30)21(13-18)26(32)33;/h4-14,30H,1-3H3,(H,32,33)(H,36,37,38);. The molecule has 0 aliphatic carbocycles. The van der Waals surface area contributed by atoms with Gasteiger partial charge in [0.2, 0.25) is 9.84 Å². The van der Waals surface area contributed by atoms with Gasteiger partial charge in [0, 0.05) is 49.3 Å². The van der Waals surface area contributed by atoms with Gasteiger partial charge in [0.15, 0.2) is 0 Å². The van der Waals surface area contributed by atoms with Crippen molar-refractivity contribution < 1.29 is 41.2 Å². The molecule has 0 saturated heterocycles. The molecule has 0 aromatic heterocycles. The molecule has 0 bridgehead atoms. The molecule has 3 aromatic rings. The third-order valence-electron chi connectivity index (χ3n) is 6.04. The molecule has 0 unspecified atom stereocenters. The Morgan fingerprint density at radius 2 is 1.56 bits per heavy atom. The van der Waals surface area contributed by atoms with Gasteiger partial charge in [-0.05, 0) is 67.1 Å². The molecular formula is C26H23N3NaO9S2. The van der Waals surface area contributed by atoms with Crippen molar-refractivity contribution in [2.75, 3.05) is 24.0 Å². The third kappa shape index (κ3) is 6.37. The van der Waals surface area contributed by atoms with E-state index in [9.17, 15) is 41.2 Å². The summed E-state index contributed by atoms with van der Waals surface area (Å²) in [6.45, 7) is 1.51. The molecule has 1 aliphatic heterocycles. The topological polar surface area (TPSA) is 182 Å². The van der Waals surface area contributed by atoms with Crippen LogP contribution in [-0.2, 0) is 24.7 Å². The van der Waals surface area contributed by atoms with Gasteiger partial charge in [-0.3, -0.25) is 9.35 Å². The Balaban J connectivity index is 0.00000462. The quantitative estimate of drug-likeness (QED) is 0.205. The number of carbonyl (C=O) groups excluding carboxylic acids is 1. The molecule has 12 nitrogen and oxygen atoms in total. The number of hydrogen-bond donors (Lipinski definition) is 3. The van der Waals surface area contributed by atoms with Gasteiger partial charge in [-0.15, -0.1) is 0 Å². The van der Waals surface area contributed by atoms with Gasteiger partial charge in [0.05, 0.1) is 31.7 Å². The number of carbonyl (C=O) groups is 2. The first-order chi connectivity index (χ1) is 18.6. The number of benzene rings is 3. The zero-order chi connectivity index (χ0) is 29.6. The van der Waals surface area contributed by atoms with Gasteiger partial charge in [0.25, 0.3) is 16.0 Å². The van der Waals surface area contributed by atoms with Crippen molar-refractivity contribution in [1.29, 1.82) is 0 Å². The Labute approximate surface area is 258 Å². The van der Waals surface area contributed by atoms with Gasteiger partial charge in [0.1, 0.15) is 11.3 Å². The van der Waals surface area contributed by atoms with Crippen molar-refractivity contribution in [3.8, 4) is 5.75 Å². The molecule has 15 heteroatoms. The maximum atomic E-state index is 13.6. The maximum absolute atomic E-state index is 13.6. The molecule has 1 radical (unpaired) electrons. The molecule has 1 amide bonds. The van der Waals surface area contributed by atoms with E-state index in [-0.39, 0.29) is 40.8 Å². The molecule has 1 aliphatic rings. The summed E-state index contributed by atoms with van der Waals surface area (Å²) in [6, 6.07) is 12.2. The minimum Gasteiger partial charge on any atom is -0.507 e. The van der Waals surface area contributed by atoms with Crippen LogP contribution in [0.4, 0.5) is 11.4 Å². The second-order valence-corrected chi connectivity index (χ2v) is 12.3. The molecule has 3 N–H and O–H groups in total. The van der Waals surface area contributed by atoms with Crippen molar-refractivity contribution in [2.45, 2.75) is 21.6 Å². The van der Waals surface area contributed by atoms with E-state index >= 15 is 0 Å².